The van der Waals surface area contributed by atoms with Crippen LogP contribution in [0.15, 0.2) is 54.9 Å². The summed E-state index contributed by atoms with van der Waals surface area (Å²) in [4.78, 5) is 21.2. The number of halogens is 3. The topological polar surface area (TPSA) is 111 Å². The Kier molecular flexibility index (Phi) is 5.68. The average Bonchev–Trinajstić information content (AvgIpc) is 3.53. The van der Waals surface area contributed by atoms with Crippen molar-refractivity contribution in [2.24, 2.45) is 0 Å². The van der Waals surface area contributed by atoms with Gasteiger partial charge in [-0.3, -0.25) is 20.2 Å². The van der Waals surface area contributed by atoms with Crippen LogP contribution in [0, 0.1) is 6.92 Å². The molecule has 3 aromatic rings. The van der Waals surface area contributed by atoms with Crippen LogP contribution in [0.25, 0.3) is 0 Å². The second kappa shape index (κ2) is 8.34. The van der Waals surface area contributed by atoms with E-state index in [2.05, 4.69) is 20.6 Å². The molecule has 172 valence electrons. The number of carbonyl (C=O) groups is 1. The van der Waals surface area contributed by atoms with Crippen molar-refractivity contribution in [3.8, 4) is 0 Å². The Morgan fingerprint density at radius 2 is 1.88 bits per heavy atom. The SMILES string of the molecule is Cc1cncc(NC2(c3cccc(NC(=O)c4cc(N(O)O)cc(C(F)(F)F)c4)c3)CC2)n1. The molecule has 1 amide bonds. The quantitative estimate of drug-likeness (QED) is 0.394. The third kappa shape index (κ3) is 5.04. The van der Waals surface area contributed by atoms with Gasteiger partial charge < -0.3 is 10.6 Å². The number of amides is 1. The molecule has 1 aliphatic carbocycles. The highest BCUT2D eigenvalue weighted by atomic mass is 19.4. The van der Waals surface area contributed by atoms with E-state index < -0.39 is 28.6 Å². The molecule has 1 aromatic heterocycles. The van der Waals surface area contributed by atoms with Crippen LogP contribution in [-0.4, -0.2) is 26.3 Å². The molecule has 1 aliphatic rings. The fourth-order valence-electron chi connectivity index (χ4n) is 3.50. The van der Waals surface area contributed by atoms with E-state index in [1.807, 2.05) is 13.0 Å². The van der Waals surface area contributed by atoms with Gasteiger partial charge in [-0.1, -0.05) is 12.1 Å². The summed E-state index contributed by atoms with van der Waals surface area (Å²) in [6, 6.07) is 9.07. The molecule has 0 radical (unpaired) electrons. The third-order valence-electron chi connectivity index (χ3n) is 5.28. The summed E-state index contributed by atoms with van der Waals surface area (Å²) in [6.45, 7) is 1.83. The van der Waals surface area contributed by atoms with Gasteiger partial charge >= 0.3 is 6.18 Å². The molecule has 0 saturated heterocycles. The van der Waals surface area contributed by atoms with Crippen molar-refractivity contribution in [2.75, 3.05) is 15.9 Å². The van der Waals surface area contributed by atoms with E-state index in [1.165, 1.54) is 0 Å². The molecule has 1 heterocycles. The Bertz CT molecular complexity index is 1200. The lowest BCUT2D eigenvalue weighted by atomic mass is 10.0. The van der Waals surface area contributed by atoms with Gasteiger partial charge in [0.25, 0.3) is 5.91 Å². The fourth-order valence-corrected chi connectivity index (χ4v) is 3.50. The molecule has 11 heteroatoms. The highest BCUT2D eigenvalue weighted by Crippen LogP contribution is 2.48. The zero-order valence-corrected chi connectivity index (χ0v) is 17.4. The molecular formula is C22H20F3N5O3. The maximum absolute atomic E-state index is 13.2. The Balaban J connectivity index is 1.57. The van der Waals surface area contributed by atoms with Crippen molar-refractivity contribution in [2.45, 2.75) is 31.5 Å². The number of rotatable bonds is 6. The molecule has 1 fully saturated rings. The number of carbonyl (C=O) groups excluding carboxylic acids is 1. The monoisotopic (exact) mass is 459 g/mol. The number of aryl methyl sites for hydroxylation is 1. The molecule has 0 bridgehead atoms. The molecule has 2 aromatic carbocycles. The van der Waals surface area contributed by atoms with Crippen LogP contribution in [-0.2, 0) is 11.7 Å². The van der Waals surface area contributed by atoms with Gasteiger partial charge in [0.05, 0.1) is 28.7 Å². The number of nitrogens with zero attached hydrogens (tertiary/aromatic N) is 3. The van der Waals surface area contributed by atoms with E-state index in [0.29, 0.717) is 23.6 Å². The first kappa shape index (κ1) is 22.5. The van der Waals surface area contributed by atoms with E-state index in [1.54, 1.807) is 30.6 Å². The minimum absolute atomic E-state index is 0.374. The maximum Gasteiger partial charge on any atom is 0.416 e. The summed E-state index contributed by atoms with van der Waals surface area (Å²) in [6.07, 6.45) is 0.159. The number of aromatic nitrogens is 2. The predicted molar refractivity (Wildman–Crippen MR) is 113 cm³/mol. The molecule has 1 saturated carbocycles. The van der Waals surface area contributed by atoms with Gasteiger partial charge in [0.1, 0.15) is 5.82 Å². The summed E-state index contributed by atoms with van der Waals surface area (Å²) >= 11 is 0. The molecule has 8 nitrogen and oxygen atoms in total. The third-order valence-corrected chi connectivity index (χ3v) is 5.28. The lowest BCUT2D eigenvalue weighted by Crippen LogP contribution is -2.21. The molecule has 4 N–H and O–H groups in total. The molecular weight excluding hydrogens is 439 g/mol. The van der Waals surface area contributed by atoms with Crippen LogP contribution < -0.4 is 15.9 Å². The largest absolute Gasteiger partial charge is 0.416 e. The van der Waals surface area contributed by atoms with Gasteiger partial charge in [0.2, 0.25) is 0 Å². The van der Waals surface area contributed by atoms with E-state index in [4.69, 9.17) is 10.4 Å². The van der Waals surface area contributed by atoms with Crippen molar-refractivity contribution < 1.29 is 28.4 Å². The lowest BCUT2D eigenvalue weighted by molar-refractivity contribution is -0.137. The highest BCUT2D eigenvalue weighted by molar-refractivity contribution is 6.05. The molecule has 0 aliphatic heterocycles. The Morgan fingerprint density at radius 3 is 2.52 bits per heavy atom. The summed E-state index contributed by atoms with van der Waals surface area (Å²) in [7, 11) is 0. The zero-order valence-electron chi connectivity index (χ0n) is 17.4. The van der Waals surface area contributed by atoms with E-state index in [9.17, 15) is 18.0 Å². The molecule has 33 heavy (non-hydrogen) atoms. The fraction of sp³-hybridized carbons (Fsp3) is 0.227. The second-order valence-electron chi connectivity index (χ2n) is 7.84. The van der Waals surface area contributed by atoms with Crippen molar-refractivity contribution >= 4 is 23.1 Å². The number of anilines is 3. The van der Waals surface area contributed by atoms with Gasteiger partial charge in [0.15, 0.2) is 0 Å². The van der Waals surface area contributed by atoms with E-state index in [0.717, 1.165) is 30.2 Å². The number of benzene rings is 2. The van der Waals surface area contributed by atoms with Gasteiger partial charge in [-0.15, -0.1) is 5.23 Å². The van der Waals surface area contributed by atoms with Gasteiger partial charge in [-0.25, -0.2) is 4.98 Å². The van der Waals surface area contributed by atoms with E-state index in [-0.39, 0.29) is 11.1 Å². The minimum Gasteiger partial charge on any atom is -0.359 e. The first-order chi connectivity index (χ1) is 15.6. The number of alkyl halides is 3. The highest BCUT2D eigenvalue weighted by Gasteiger charge is 2.45. The van der Waals surface area contributed by atoms with Crippen LogP contribution >= 0.6 is 0 Å². The first-order valence-corrected chi connectivity index (χ1v) is 9.95. The van der Waals surface area contributed by atoms with Crippen molar-refractivity contribution in [1.29, 1.82) is 0 Å². The summed E-state index contributed by atoms with van der Waals surface area (Å²) in [5.74, 6) is -0.209. The van der Waals surface area contributed by atoms with Crippen LogP contribution in [0.1, 0.15) is 40.0 Å². The maximum atomic E-state index is 13.2. The van der Waals surface area contributed by atoms with Crippen LogP contribution in [0.2, 0.25) is 0 Å². The molecule has 4 rings (SSSR count). The van der Waals surface area contributed by atoms with Gasteiger partial charge in [0, 0.05) is 17.4 Å². The Morgan fingerprint density at radius 1 is 1.12 bits per heavy atom. The second-order valence-corrected chi connectivity index (χ2v) is 7.84. The van der Waals surface area contributed by atoms with Gasteiger partial charge in [-0.2, -0.15) is 13.2 Å². The summed E-state index contributed by atoms with van der Waals surface area (Å²) in [5, 5.41) is 23.8. The van der Waals surface area contributed by atoms with Gasteiger partial charge in [-0.05, 0) is 55.7 Å². The zero-order chi connectivity index (χ0) is 23.8. The smallest absolute Gasteiger partial charge is 0.359 e. The Labute approximate surface area is 186 Å². The molecule has 0 unspecified atom stereocenters. The van der Waals surface area contributed by atoms with E-state index >= 15 is 0 Å². The van der Waals surface area contributed by atoms with Crippen LogP contribution in [0.5, 0.6) is 0 Å². The van der Waals surface area contributed by atoms with Crippen molar-refractivity contribution in [3.05, 3.63) is 77.2 Å². The number of hydrogen-bond donors (Lipinski definition) is 4. The minimum atomic E-state index is -4.77. The van der Waals surface area contributed by atoms with Crippen molar-refractivity contribution in [1.82, 2.24) is 9.97 Å². The molecule has 0 spiro atoms. The molecule has 0 atom stereocenters. The first-order valence-electron chi connectivity index (χ1n) is 9.95. The summed E-state index contributed by atoms with van der Waals surface area (Å²) in [5.41, 5.74) is -0.512. The number of nitrogens with one attached hydrogen (secondary N) is 2. The average molecular weight is 459 g/mol. The predicted octanol–water partition coefficient (Wildman–Crippen LogP) is 4.74. The Hall–Kier alpha value is -3.70. The van der Waals surface area contributed by atoms with Crippen LogP contribution in [0.3, 0.4) is 0 Å². The van der Waals surface area contributed by atoms with Crippen molar-refractivity contribution in [3.63, 3.8) is 0 Å². The number of hydrogen-bond acceptors (Lipinski definition) is 7. The normalized spacial score (nSPS) is 14.5. The standard InChI is InChI=1S/C22H20F3N5O3/c1-13-11-26-12-19(27-13)29-21(5-6-21)15-3-2-4-17(9-15)28-20(31)14-7-16(22(23,24)25)10-18(8-14)30(32)33/h2-4,7-12,32-33H,5-6H2,1H3,(H,27,29)(H,28,31). The lowest BCUT2D eigenvalue weighted by Gasteiger charge is -2.20. The van der Waals surface area contributed by atoms with Crippen LogP contribution in [0.4, 0.5) is 30.4 Å². The summed E-state index contributed by atoms with van der Waals surface area (Å²) < 4.78 is 39.5.